The van der Waals surface area contributed by atoms with Crippen LogP contribution < -0.4 is 5.32 Å². The van der Waals surface area contributed by atoms with Crippen molar-refractivity contribution in [2.75, 3.05) is 5.32 Å². The minimum atomic E-state index is -0.586. The Bertz CT molecular complexity index is 727. The zero-order valence-corrected chi connectivity index (χ0v) is 12.8. The van der Waals surface area contributed by atoms with E-state index in [0.717, 1.165) is 0 Å². The predicted octanol–water partition coefficient (Wildman–Crippen LogP) is 3.97. The van der Waals surface area contributed by atoms with Crippen LogP contribution in [0.3, 0.4) is 0 Å². The van der Waals surface area contributed by atoms with Gasteiger partial charge >= 0.3 is 6.09 Å². The van der Waals surface area contributed by atoms with E-state index in [1.54, 1.807) is 57.3 Å². The number of benzene rings is 1. The lowest BCUT2D eigenvalue weighted by Gasteiger charge is -2.20. The third-order valence-electron chi connectivity index (χ3n) is 2.75. The maximum Gasteiger partial charge on any atom is 0.412 e. The summed E-state index contributed by atoms with van der Waals surface area (Å²) in [6.07, 6.45) is 1.06. The molecule has 0 aliphatic rings. The van der Waals surface area contributed by atoms with E-state index in [2.05, 4.69) is 16.4 Å². The van der Waals surface area contributed by atoms with Crippen molar-refractivity contribution in [3.8, 4) is 17.3 Å². The van der Waals surface area contributed by atoms with Crippen LogP contribution in [0.4, 0.5) is 10.5 Å². The van der Waals surface area contributed by atoms with Crippen molar-refractivity contribution in [2.24, 2.45) is 0 Å². The van der Waals surface area contributed by atoms with E-state index < -0.39 is 11.7 Å². The van der Waals surface area contributed by atoms with Crippen LogP contribution in [0.15, 0.2) is 42.6 Å². The monoisotopic (exact) mass is 295 g/mol. The van der Waals surface area contributed by atoms with E-state index in [1.807, 2.05) is 6.07 Å². The molecule has 5 nitrogen and oxygen atoms in total. The minimum absolute atomic E-state index is 0.494. The Hall–Kier alpha value is -2.87. The number of aromatic nitrogens is 1. The lowest BCUT2D eigenvalue weighted by atomic mass is 10.0. The van der Waals surface area contributed by atoms with Gasteiger partial charge in [0.25, 0.3) is 0 Å². The van der Waals surface area contributed by atoms with Crippen molar-refractivity contribution < 1.29 is 9.53 Å². The SMILES string of the molecule is CC(C)(C)OC(=O)Nc1cccnc1-c1ccccc1C#N. The average Bonchev–Trinajstić information content (AvgIpc) is 2.46. The largest absolute Gasteiger partial charge is 0.444 e. The van der Waals surface area contributed by atoms with Gasteiger partial charge in [0.2, 0.25) is 0 Å². The van der Waals surface area contributed by atoms with Crippen LogP contribution in [-0.2, 0) is 4.74 Å². The Morgan fingerprint density at radius 2 is 1.95 bits per heavy atom. The molecule has 0 saturated carbocycles. The molecular weight excluding hydrogens is 278 g/mol. The number of hydrogen-bond acceptors (Lipinski definition) is 4. The number of hydrogen-bond donors (Lipinski definition) is 1. The van der Waals surface area contributed by atoms with Crippen molar-refractivity contribution in [3.63, 3.8) is 0 Å². The smallest absolute Gasteiger partial charge is 0.412 e. The van der Waals surface area contributed by atoms with E-state index in [9.17, 15) is 10.1 Å². The Morgan fingerprint density at radius 3 is 2.64 bits per heavy atom. The van der Waals surface area contributed by atoms with E-state index in [1.165, 1.54) is 0 Å². The van der Waals surface area contributed by atoms with Crippen molar-refractivity contribution in [2.45, 2.75) is 26.4 Å². The lowest BCUT2D eigenvalue weighted by Crippen LogP contribution is -2.27. The number of carbonyl (C=O) groups excluding carboxylic acids is 1. The highest BCUT2D eigenvalue weighted by molar-refractivity contribution is 5.91. The van der Waals surface area contributed by atoms with Crippen LogP contribution >= 0.6 is 0 Å². The van der Waals surface area contributed by atoms with E-state index in [0.29, 0.717) is 22.5 Å². The van der Waals surface area contributed by atoms with Gasteiger partial charge in [0.1, 0.15) is 5.60 Å². The molecule has 0 aliphatic heterocycles. The topological polar surface area (TPSA) is 75.0 Å². The second-order valence-electron chi connectivity index (χ2n) is 5.68. The molecule has 1 aromatic carbocycles. The first-order valence-corrected chi connectivity index (χ1v) is 6.85. The Labute approximate surface area is 129 Å². The summed E-state index contributed by atoms with van der Waals surface area (Å²) in [7, 11) is 0. The molecule has 1 N–H and O–H groups in total. The quantitative estimate of drug-likeness (QED) is 0.909. The molecule has 1 aromatic heterocycles. The Balaban J connectivity index is 2.36. The molecule has 2 rings (SSSR count). The zero-order valence-electron chi connectivity index (χ0n) is 12.8. The maximum atomic E-state index is 11.9. The molecule has 0 unspecified atom stereocenters. The first-order valence-electron chi connectivity index (χ1n) is 6.85. The van der Waals surface area contributed by atoms with Gasteiger partial charge in [0.15, 0.2) is 0 Å². The van der Waals surface area contributed by atoms with Crippen molar-refractivity contribution >= 4 is 11.8 Å². The molecule has 112 valence electrons. The Kier molecular flexibility index (Phi) is 4.42. The summed E-state index contributed by atoms with van der Waals surface area (Å²) in [6, 6.07) is 12.7. The normalized spacial score (nSPS) is 10.6. The van der Waals surface area contributed by atoms with Gasteiger partial charge in [-0.25, -0.2) is 4.79 Å². The molecule has 22 heavy (non-hydrogen) atoms. The molecule has 2 aromatic rings. The van der Waals surface area contributed by atoms with Crippen molar-refractivity contribution in [1.29, 1.82) is 5.26 Å². The molecule has 1 heterocycles. The number of pyridine rings is 1. The lowest BCUT2D eigenvalue weighted by molar-refractivity contribution is 0.0636. The number of nitrogens with one attached hydrogen (secondary N) is 1. The number of ether oxygens (including phenoxy) is 1. The minimum Gasteiger partial charge on any atom is -0.444 e. The number of rotatable bonds is 2. The summed E-state index contributed by atoms with van der Waals surface area (Å²) >= 11 is 0. The van der Waals surface area contributed by atoms with Gasteiger partial charge in [-0.1, -0.05) is 18.2 Å². The second kappa shape index (κ2) is 6.27. The number of nitrogens with zero attached hydrogens (tertiary/aromatic N) is 2. The van der Waals surface area contributed by atoms with Crippen LogP contribution in [0.2, 0.25) is 0 Å². The molecule has 0 atom stereocenters. The highest BCUT2D eigenvalue weighted by atomic mass is 16.6. The van der Waals surface area contributed by atoms with Crippen molar-refractivity contribution in [3.05, 3.63) is 48.2 Å². The highest BCUT2D eigenvalue weighted by Crippen LogP contribution is 2.28. The molecule has 5 heteroatoms. The fraction of sp³-hybridized carbons (Fsp3) is 0.235. The van der Waals surface area contributed by atoms with Crippen LogP contribution in [0.5, 0.6) is 0 Å². The van der Waals surface area contributed by atoms with E-state index >= 15 is 0 Å². The summed E-state index contributed by atoms with van der Waals surface area (Å²) < 4.78 is 5.25. The number of carbonyl (C=O) groups is 1. The van der Waals surface area contributed by atoms with Gasteiger partial charge in [-0.2, -0.15) is 5.26 Å². The second-order valence-corrected chi connectivity index (χ2v) is 5.68. The fourth-order valence-electron chi connectivity index (χ4n) is 1.92. The van der Waals surface area contributed by atoms with Crippen LogP contribution in [0.25, 0.3) is 11.3 Å². The van der Waals surface area contributed by atoms with Gasteiger partial charge in [-0.15, -0.1) is 0 Å². The van der Waals surface area contributed by atoms with E-state index in [-0.39, 0.29) is 0 Å². The molecule has 0 bridgehead atoms. The summed E-state index contributed by atoms with van der Waals surface area (Å²) in [4.78, 5) is 16.2. The van der Waals surface area contributed by atoms with Crippen molar-refractivity contribution in [1.82, 2.24) is 4.98 Å². The number of anilines is 1. The fourth-order valence-corrected chi connectivity index (χ4v) is 1.92. The zero-order chi connectivity index (χ0) is 16.2. The highest BCUT2D eigenvalue weighted by Gasteiger charge is 2.18. The molecule has 0 aliphatic carbocycles. The standard InChI is InChI=1S/C17H17N3O2/c1-17(2,3)22-16(21)20-14-9-6-10-19-15(14)13-8-5-4-7-12(13)11-18/h4-10H,1-3H3,(H,20,21). The van der Waals surface area contributed by atoms with Gasteiger partial charge in [-0.3, -0.25) is 10.3 Å². The number of amides is 1. The predicted molar refractivity (Wildman–Crippen MR) is 84.2 cm³/mol. The van der Waals surface area contributed by atoms with Crippen LogP contribution in [-0.4, -0.2) is 16.7 Å². The molecule has 0 saturated heterocycles. The van der Waals surface area contributed by atoms with Gasteiger partial charge in [0.05, 0.1) is 23.0 Å². The van der Waals surface area contributed by atoms with E-state index in [4.69, 9.17) is 4.74 Å². The molecule has 0 spiro atoms. The van der Waals surface area contributed by atoms with Crippen LogP contribution in [0.1, 0.15) is 26.3 Å². The summed E-state index contributed by atoms with van der Waals surface area (Å²) in [5.74, 6) is 0. The van der Waals surface area contributed by atoms with Gasteiger partial charge in [-0.05, 0) is 39.0 Å². The third kappa shape index (κ3) is 3.83. The van der Waals surface area contributed by atoms with Crippen LogP contribution in [0, 0.1) is 11.3 Å². The summed E-state index contributed by atoms with van der Waals surface area (Å²) in [5, 5.41) is 11.9. The summed E-state index contributed by atoms with van der Waals surface area (Å²) in [5.41, 5.74) is 1.60. The van der Waals surface area contributed by atoms with Gasteiger partial charge in [0, 0.05) is 11.8 Å². The first kappa shape index (κ1) is 15.5. The Morgan fingerprint density at radius 1 is 1.23 bits per heavy atom. The molecule has 0 radical (unpaired) electrons. The number of nitriles is 1. The first-order chi connectivity index (χ1) is 10.4. The average molecular weight is 295 g/mol. The van der Waals surface area contributed by atoms with Gasteiger partial charge < -0.3 is 4.74 Å². The molecular formula is C17H17N3O2. The summed E-state index contributed by atoms with van der Waals surface area (Å²) in [6.45, 7) is 5.38. The third-order valence-corrected chi connectivity index (χ3v) is 2.75. The molecule has 1 amide bonds. The maximum absolute atomic E-state index is 11.9. The molecule has 0 fully saturated rings.